The minimum absolute atomic E-state index is 0.0115. The maximum Gasteiger partial charge on any atom is 0.335 e. The first kappa shape index (κ1) is 17.0. The topological polar surface area (TPSA) is 60.9 Å². The molecule has 0 spiro atoms. The van der Waals surface area contributed by atoms with Crippen LogP contribution in [-0.2, 0) is 0 Å². The maximum absolute atomic E-state index is 12.6. The molecule has 1 aromatic carbocycles. The molecule has 2 fully saturated rings. The number of likely N-dealkylation sites (tertiary alicyclic amines) is 2. The number of benzene rings is 1. The SMILES string of the molecule is CC1CCCN(C2CCN(C(=O)c3ccc(C(=O)O)cc3)CC2)C1. The van der Waals surface area contributed by atoms with Crippen molar-refractivity contribution in [2.75, 3.05) is 26.2 Å². The van der Waals surface area contributed by atoms with Crippen molar-refractivity contribution in [3.63, 3.8) is 0 Å². The Morgan fingerprint density at radius 3 is 2.21 bits per heavy atom. The van der Waals surface area contributed by atoms with E-state index in [1.807, 2.05) is 4.90 Å². The number of piperidine rings is 2. The normalized spacial score (nSPS) is 23.2. The highest BCUT2D eigenvalue weighted by Gasteiger charge is 2.29. The zero-order chi connectivity index (χ0) is 17.1. The summed E-state index contributed by atoms with van der Waals surface area (Å²) in [6.45, 7) is 6.28. The van der Waals surface area contributed by atoms with Crippen molar-refractivity contribution >= 4 is 11.9 Å². The average molecular weight is 330 g/mol. The smallest absolute Gasteiger partial charge is 0.335 e. The van der Waals surface area contributed by atoms with Crippen LogP contribution >= 0.6 is 0 Å². The van der Waals surface area contributed by atoms with Gasteiger partial charge >= 0.3 is 5.97 Å². The Morgan fingerprint density at radius 1 is 1.00 bits per heavy atom. The molecule has 2 saturated heterocycles. The fourth-order valence-electron chi connectivity index (χ4n) is 3.93. The van der Waals surface area contributed by atoms with Crippen LogP contribution in [0.2, 0.25) is 0 Å². The van der Waals surface area contributed by atoms with Crippen molar-refractivity contribution < 1.29 is 14.7 Å². The van der Waals surface area contributed by atoms with Gasteiger partial charge in [0.15, 0.2) is 0 Å². The quantitative estimate of drug-likeness (QED) is 0.926. The molecule has 5 heteroatoms. The second kappa shape index (κ2) is 7.34. The Balaban J connectivity index is 1.55. The lowest BCUT2D eigenvalue weighted by atomic mass is 9.95. The number of carboxylic acids is 1. The second-order valence-electron chi connectivity index (χ2n) is 7.15. The summed E-state index contributed by atoms with van der Waals surface area (Å²) in [5, 5.41) is 8.93. The van der Waals surface area contributed by atoms with Gasteiger partial charge in [0.1, 0.15) is 0 Å². The molecule has 130 valence electrons. The van der Waals surface area contributed by atoms with Gasteiger partial charge in [-0.2, -0.15) is 0 Å². The summed E-state index contributed by atoms with van der Waals surface area (Å²) in [5.74, 6) is -0.172. The first-order valence-corrected chi connectivity index (χ1v) is 8.91. The summed E-state index contributed by atoms with van der Waals surface area (Å²) in [6.07, 6.45) is 4.69. The van der Waals surface area contributed by atoms with Crippen LogP contribution in [0.15, 0.2) is 24.3 Å². The van der Waals surface area contributed by atoms with E-state index in [0.717, 1.165) is 31.8 Å². The van der Waals surface area contributed by atoms with Gasteiger partial charge in [0.2, 0.25) is 0 Å². The summed E-state index contributed by atoms with van der Waals surface area (Å²) in [7, 11) is 0. The van der Waals surface area contributed by atoms with Gasteiger partial charge in [-0.15, -0.1) is 0 Å². The molecule has 1 aromatic rings. The summed E-state index contributed by atoms with van der Waals surface area (Å²) in [6, 6.07) is 6.83. The highest BCUT2D eigenvalue weighted by atomic mass is 16.4. The number of hydrogen-bond donors (Lipinski definition) is 1. The predicted octanol–water partition coefficient (Wildman–Crippen LogP) is 2.72. The molecule has 2 aliphatic heterocycles. The first-order valence-electron chi connectivity index (χ1n) is 8.91. The Kier molecular flexibility index (Phi) is 5.19. The van der Waals surface area contributed by atoms with Crippen LogP contribution in [0.25, 0.3) is 0 Å². The second-order valence-corrected chi connectivity index (χ2v) is 7.15. The predicted molar refractivity (Wildman–Crippen MR) is 92.3 cm³/mol. The van der Waals surface area contributed by atoms with Crippen molar-refractivity contribution in [2.24, 2.45) is 5.92 Å². The molecule has 0 aliphatic carbocycles. The molecule has 0 bridgehead atoms. The number of carboxylic acid groups (broad SMARTS) is 1. The van der Waals surface area contributed by atoms with E-state index < -0.39 is 5.97 Å². The van der Waals surface area contributed by atoms with Gasteiger partial charge in [0.25, 0.3) is 5.91 Å². The molecule has 1 unspecified atom stereocenters. The Hall–Kier alpha value is -1.88. The summed E-state index contributed by atoms with van der Waals surface area (Å²) in [4.78, 5) is 28.0. The number of carbonyl (C=O) groups is 2. The molecule has 0 saturated carbocycles. The van der Waals surface area contributed by atoms with E-state index in [9.17, 15) is 9.59 Å². The number of rotatable bonds is 3. The van der Waals surface area contributed by atoms with Crippen LogP contribution in [-0.4, -0.2) is 59.0 Å². The lowest BCUT2D eigenvalue weighted by Crippen LogP contribution is -2.49. The van der Waals surface area contributed by atoms with Gasteiger partial charge in [-0.25, -0.2) is 4.79 Å². The van der Waals surface area contributed by atoms with E-state index in [2.05, 4.69) is 11.8 Å². The van der Waals surface area contributed by atoms with Crippen LogP contribution in [0.5, 0.6) is 0 Å². The summed E-state index contributed by atoms with van der Waals surface area (Å²) in [5.41, 5.74) is 0.787. The lowest BCUT2D eigenvalue weighted by Gasteiger charge is -2.41. The van der Waals surface area contributed by atoms with Crippen LogP contribution in [0.3, 0.4) is 0 Å². The summed E-state index contributed by atoms with van der Waals surface area (Å²) < 4.78 is 0. The maximum atomic E-state index is 12.6. The van der Waals surface area contributed by atoms with Crippen molar-refractivity contribution in [1.29, 1.82) is 0 Å². The third-order valence-electron chi connectivity index (χ3n) is 5.34. The van der Waals surface area contributed by atoms with Crippen LogP contribution in [0, 0.1) is 5.92 Å². The van der Waals surface area contributed by atoms with Gasteiger partial charge in [0.05, 0.1) is 5.56 Å². The molecular weight excluding hydrogens is 304 g/mol. The lowest BCUT2D eigenvalue weighted by molar-refractivity contribution is 0.0541. The zero-order valence-electron chi connectivity index (χ0n) is 14.3. The number of carbonyl (C=O) groups excluding carboxylic acids is 1. The molecule has 1 N–H and O–H groups in total. The summed E-state index contributed by atoms with van der Waals surface area (Å²) >= 11 is 0. The van der Waals surface area contributed by atoms with E-state index in [-0.39, 0.29) is 11.5 Å². The Morgan fingerprint density at radius 2 is 1.62 bits per heavy atom. The largest absolute Gasteiger partial charge is 0.478 e. The number of nitrogens with zero attached hydrogens (tertiary/aromatic N) is 2. The first-order chi connectivity index (χ1) is 11.5. The monoisotopic (exact) mass is 330 g/mol. The third kappa shape index (κ3) is 3.78. The fraction of sp³-hybridized carbons (Fsp3) is 0.579. The number of aromatic carboxylic acids is 1. The molecule has 2 heterocycles. The number of hydrogen-bond acceptors (Lipinski definition) is 3. The average Bonchev–Trinajstić information content (AvgIpc) is 2.61. The molecule has 0 aromatic heterocycles. The Bertz CT molecular complexity index is 591. The van der Waals surface area contributed by atoms with Gasteiger partial charge in [-0.05, 0) is 62.4 Å². The molecular formula is C19H26N2O3. The molecule has 0 radical (unpaired) electrons. The highest BCUT2D eigenvalue weighted by Crippen LogP contribution is 2.24. The van der Waals surface area contributed by atoms with Crippen LogP contribution in [0.1, 0.15) is 53.3 Å². The van der Waals surface area contributed by atoms with E-state index in [1.54, 1.807) is 12.1 Å². The highest BCUT2D eigenvalue weighted by molar-refractivity contribution is 5.95. The molecule has 1 atom stereocenters. The zero-order valence-corrected chi connectivity index (χ0v) is 14.3. The standard InChI is InChI=1S/C19H26N2O3/c1-14-3-2-10-21(13-14)17-8-11-20(12-9-17)18(22)15-4-6-16(7-5-15)19(23)24/h4-7,14,17H,2-3,8-13H2,1H3,(H,23,24). The van der Waals surface area contributed by atoms with Gasteiger partial charge in [0, 0.05) is 31.2 Å². The van der Waals surface area contributed by atoms with Crippen molar-refractivity contribution in [3.8, 4) is 0 Å². The van der Waals surface area contributed by atoms with Gasteiger partial charge in [-0.1, -0.05) is 6.92 Å². The molecule has 5 nitrogen and oxygen atoms in total. The van der Waals surface area contributed by atoms with Crippen molar-refractivity contribution in [1.82, 2.24) is 9.80 Å². The fourth-order valence-corrected chi connectivity index (χ4v) is 3.93. The third-order valence-corrected chi connectivity index (χ3v) is 5.34. The van der Waals surface area contributed by atoms with Gasteiger partial charge < -0.3 is 10.0 Å². The molecule has 24 heavy (non-hydrogen) atoms. The van der Waals surface area contributed by atoms with Gasteiger partial charge in [-0.3, -0.25) is 9.69 Å². The van der Waals surface area contributed by atoms with Crippen LogP contribution in [0.4, 0.5) is 0 Å². The van der Waals surface area contributed by atoms with E-state index in [0.29, 0.717) is 11.6 Å². The van der Waals surface area contributed by atoms with Crippen molar-refractivity contribution in [3.05, 3.63) is 35.4 Å². The Labute approximate surface area is 143 Å². The molecule has 3 rings (SSSR count). The van der Waals surface area contributed by atoms with Crippen molar-refractivity contribution in [2.45, 2.75) is 38.6 Å². The van der Waals surface area contributed by atoms with E-state index in [1.165, 1.54) is 38.1 Å². The molecule has 1 amide bonds. The molecule has 2 aliphatic rings. The number of amides is 1. The van der Waals surface area contributed by atoms with Crippen LogP contribution < -0.4 is 0 Å². The minimum atomic E-state index is -0.967. The van der Waals surface area contributed by atoms with E-state index >= 15 is 0 Å². The minimum Gasteiger partial charge on any atom is -0.478 e. The van der Waals surface area contributed by atoms with E-state index in [4.69, 9.17) is 5.11 Å².